The van der Waals surface area contributed by atoms with Gasteiger partial charge in [0.05, 0.1) is 39.0 Å². The molecule has 1 saturated carbocycles. The van der Waals surface area contributed by atoms with Crippen molar-refractivity contribution in [2.75, 3.05) is 5.75 Å². The molecule has 2 heterocycles. The van der Waals surface area contributed by atoms with Crippen molar-refractivity contribution in [3.8, 4) is 27.1 Å². The number of nitrogens with zero attached hydrogens (tertiary/aromatic N) is 2. The zero-order valence-electron chi connectivity index (χ0n) is 21.7. The molecule has 0 radical (unpaired) electrons. The minimum atomic E-state index is -5.12. The third-order valence-electron chi connectivity index (χ3n) is 6.78. The zero-order chi connectivity index (χ0) is 31.3. The Morgan fingerprint density at radius 3 is 2.23 bits per heavy atom. The second-order valence-corrected chi connectivity index (χ2v) is 12.5. The van der Waals surface area contributed by atoms with E-state index < -0.39 is 63.6 Å². The van der Waals surface area contributed by atoms with Gasteiger partial charge in [0, 0.05) is 27.2 Å². The van der Waals surface area contributed by atoms with Gasteiger partial charge < -0.3 is 4.57 Å². The first-order valence-corrected chi connectivity index (χ1v) is 14.7. The smallest absolute Gasteiger partial charge is 0.302 e. The SMILES string of the molecule is N#Cc1c(C(F)(F)F)cc(-c2ccc(-c3cc(S(=O)CC4CC4)cc(C(F)(F)F)c3)s2)n(Cc2ccc(F)cc2F)c1=O. The topological polar surface area (TPSA) is 62.9 Å². The molecule has 4 aromatic rings. The highest BCUT2D eigenvalue weighted by Gasteiger charge is 2.37. The molecule has 43 heavy (non-hydrogen) atoms. The third kappa shape index (κ3) is 6.57. The molecule has 0 bridgehead atoms. The van der Waals surface area contributed by atoms with Gasteiger partial charge in [-0.1, -0.05) is 6.07 Å². The van der Waals surface area contributed by atoms with Gasteiger partial charge in [-0.15, -0.1) is 11.3 Å². The van der Waals surface area contributed by atoms with Crippen LogP contribution in [0.1, 0.15) is 35.1 Å². The average Bonchev–Trinajstić information content (AvgIpc) is 3.60. The summed E-state index contributed by atoms with van der Waals surface area (Å²) in [5.74, 6) is -1.65. The van der Waals surface area contributed by atoms with Gasteiger partial charge >= 0.3 is 12.4 Å². The van der Waals surface area contributed by atoms with Crippen LogP contribution in [-0.2, 0) is 29.7 Å². The third-order valence-corrected chi connectivity index (χ3v) is 9.48. The predicted octanol–water partition coefficient (Wildman–Crippen LogP) is 8.00. The Balaban J connectivity index is 1.66. The lowest BCUT2D eigenvalue weighted by Crippen LogP contribution is -2.28. The minimum absolute atomic E-state index is 0.00777. The van der Waals surface area contributed by atoms with E-state index in [1.807, 2.05) is 0 Å². The maximum Gasteiger partial charge on any atom is 0.417 e. The number of rotatable bonds is 7. The molecule has 1 unspecified atom stereocenters. The molecule has 2 aromatic carbocycles. The molecule has 0 amide bonds. The Bertz CT molecular complexity index is 1850. The first kappa shape index (κ1) is 30.6. The van der Waals surface area contributed by atoms with Gasteiger partial charge in [-0.3, -0.25) is 9.00 Å². The number of nitriles is 1. The Morgan fingerprint density at radius 1 is 0.930 bits per heavy atom. The van der Waals surface area contributed by atoms with Crippen molar-refractivity contribution in [2.45, 2.75) is 36.6 Å². The van der Waals surface area contributed by atoms with E-state index in [1.165, 1.54) is 24.3 Å². The standard InChI is InChI=1S/C29H18F8N2O2S2/c30-19-4-3-16(23(31)10-19)13-39-24(11-22(29(35,36)37)21(12-38)27(39)40)26-6-5-25(42-26)17-7-18(28(32,33)34)9-20(8-17)43(41)14-15-1-2-15/h3-11,15H,1-2,13-14H2. The molecule has 1 aliphatic carbocycles. The summed E-state index contributed by atoms with van der Waals surface area (Å²) >= 11 is 0.748. The highest BCUT2D eigenvalue weighted by atomic mass is 32.2. The lowest BCUT2D eigenvalue weighted by Gasteiger charge is -2.17. The summed E-state index contributed by atoms with van der Waals surface area (Å²) in [4.78, 5) is 13.3. The van der Waals surface area contributed by atoms with Crippen LogP contribution in [-0.4, -0.2) is 14.5 Å². The first-order chi connectivity index (χ1) is 20.2. The van der Waals surface area contributed by atoms with Gasteiger partial charge in [-0.05, 0) is 66.8 Å². The summed E-state index contributed by atoms with van der Waals surface area (Å²) in [6.45, 7) is -0.672. The molecule has 2 aromatic heterocycles. The maximum absolute atomic E-state index is 14.5. The molecule has 5 rings (SSSR count). The fourth-order valence-corrected chi connectivity index (χ4v) is 6.91. The monoisotopic (exact) mass is 642 g/mol. The molecule has 1 fully saturated rings. The van der Waals surface area contributed by atoms with Crippen LogP contribution in [0.4, 0.5) is 35.1 Å². The molecule has 0 aliphatic heterocycles. The molecular weight excluding hydrogens is 624 g/mol. The number of alkyl halides is 6. The van der Waals surface area contributed by atoms with Crippen LogP contribution >= 0.6 is 11.3 Å². The van der Waals surface area contributed by atoms with E-state index in [1.54, 1.807) is 0 Å². The second-order valence-electron chi connectivity index (χ2n) is 9.92. The second kappa shape index (κ2) is 11.3. The largest absolute Gasteiger partial charge is 0.417 e. The van der Waals surface area contributed by atoms with Gasteiger partial charge in [0.1, 0.15) is 23.3 Å². The minimum Gasteiger partial charge on any atom is -0.302 e. The normalized spacial score (nSPS) is 14.5. The van der Waals surface area contributed by atoms with Gasteiger partial charge in [0.25, 0.3) is 5.56 Å². The summed E-state index contributed by atoms with van der Waals surface area (Å²) < 4.78 is 124. The molecule has 4 nitrogen and oxygen atoms in total. The van der Waals surface area contributed by atoms with Gasteiger partial charge in [-0.2, -0.15) is 31.6 Å². The van der Waals surface area contributed by atoms with Crippen LogP contribution in [0.3, 0.4) is 0 Å². The molecule has 0 spiro atoms. The van der Waals surface area contributed by atoms with Crippen molar-refractivity contribution in [3.63, 3.8) is 0 Å². The van der Waals surface area contributed by atoms with Gasteiger partial charge in [0.15, 0.2) is 0 Å². The van der Waals surface area contributed by atoms with Crippen LogP contribution in [0.2, 0.25) is 0 Å². The maximum atomic E-state index is 14.5. The molecular formula is C29H18F8N2O2S2. The summed E-state index contributed by atoms with van der Waals surface area (Å²) in [5.41, 5.74) is -5.86. The van der Waals surface area contributed by atoms with Crippen molar-refractivity contribution in [2.24, 2.45) is 5.92 Å². The number of halogens is 8. The van der Waals surface area contributed by atoms with Crippen molar-refractivity contribution < 1.29 is 39.3 Å². The molecule has 224 valence electrons. The number of thiophene rings is 1. The molecule has 1 atom stereocenters. The quantitative estimate of drug-likeness (QED) is 0.192. The van der Waals surface area contributed by atoms with Crippen LogP contribution in [0.15, 0.2) is 64.3 Å². The number of hydrogen-bond donors (Lipinski definition) is 0. The van der Waals surface area contributed by atoms with Crippen molar-refractivity contribution in [1.29, 1.82) is 5.26 Å². The molecule has 14 heteroatoms. The fourth-order valence-electron chi connectivity index (χ4n) is 4.42. The van der Waals surface area contributed by atoms with E-state index in [2.05, 4.69) is 0 Å². The summed E-state index contributed by atoms with van der Waals surface area (Å²) in [6, 6.07) is 9.77. The van der Waals surface area contributed by atoms with Crippen LogP contribution in [0.5, 0.6) is 0 Å². The highest BCUT2D eigenvalue weighted by molar-refractivity contribution is 7.85. The van der Waals surface area contributed by atoms with E-state index in [-0.39, 0.29) is 43.1 Å². The Kier molecular flexibility index (Phi) is 8.08. The lowest BCUT2D eigenvalue weighted by molar-refractivity contribution is -0.138. The fraction of sp³-hybridized carbons (Fsp3) is 0.241. The molecule has 1 aliphatic rings. The van der Waals surface area contributed by atoms with Crippen molar-refractivity contribution in [3.05, 3.63) is 98.8 Å². The van der Waals surface area contributed by atoms with Crippen LogP contribution < -0.4 is 5.56 Å². The van der Waals surface area contributed by atoms with E-state index in [4.69, 9.17) is 0 Å². The van der Waals surface area contributed by atoms with E-state index in [9.17, 15) is 49.4 Å². The van der Waals surface area contributed by atoms with E-state index >= 15 is 0 Å². The zero-order valence-corrected chi connectivity index (χ0v) is 23.3. The van der Waals surface area contributed by atoms with Gasteiger partial charge in [-0.25, -0.2) is 8.78 Å². The van der Waals surface area contributed by atoms with Crippen molar-refractivity contribution >= 4 is 22.1 Å². The summed E-state index contributed by atoms with van der Waals surface area (Å²) in [5, 5.41) is 9.38. The summed E-state index contributed by atoms with van der Waals surface area (Å²) in [7, 11) is -1.72. The Labute approximate surface area is 245 Å². The Morgan fingerprint density at radius 2 is 1.63 bits per heavy atom. The first-order valence-electron chi connectivity index (χ1n) is 12.6. The van der Waals surface area contributed by atoms with E-state index in [0.717, 1.165) is 53.0 Å². The van der Waals surface area contributed by atoms with Crippen LogP contribution in [0, 0.1) is 28.9 Å². The highest BCUT2D eigenvalue weighted by Crippen LogP contribution is 2.41. The number of aromatic nitrogens is 1. The van der Waals surface area contributed by atoms with Gasteiger partial charge in [0.2, 0.25) is 0 Å². The molecule has 0 saturated heterocycles. The lowest BCUT2D eigenvalue weighted by atomic mass is 10.1. The Hall–Kier alpha value is -3.83. The van der Waals surface area contributed by atoms with Crippen molar-refractivity contribution in [1.82, 2.24) is 4.57 Å². The van der Waals surface area contributed by atoms with Crippen LogP contribution in [0.25, 0.3) is 21.0 Å². The number of hydrogen-bond acceptors (Lipinski definition) is 4. The van der Waals surface area contributed by atoms with E-state index in [0.29, 0.717) is 12.1 Å². The average molecular weight is 643 g/mol. The predicted molar refractivity (Wildman–Crippen MR) is 144 cm³/mol. The number of benzene rings is 2. The summed E-state index contributed by atoms with van der Waals surface area (Å²) in [6.07, 6.45) is -8.23. The number of pyridine rings is 1. The molecule has 0 N–H and O–H groups in total.